The monoisotopic (exact) mass is 435 g/mol. The number of pyridine rings is 1. The normalized spacial score (nSPS) is 15.2. The zero-order chi connectivity index (χ0) is 25.1. The SMILES string of the molecule is [2H]c1c([2H])c([2H])c2c(c1[2H])c1ccc(Oc3cccc(Br)c3)cc1n2-c1cc(C([2H])([2H])[2H])ccn1. The Kier molecular flexibility index (Phi) is 2.68. The third-order valence-corrected chi connectivity index (χ3v) is 4.87. The molecule has 0 radical (unpaired) electrons. The van der Waals surface area contributed by atoms with Gasteiger partial charge >= 0.3 is 0 Å². The van der Waals surface area contributed by atoms with Crippen molar-refractivity contribution in [2.75, 3.05) is 0 Å². The molecular formula is C24H17BrN2O. The van der Waals surface area contributed by atoms with E-state index in [4.69, 9.17) is 14.3 Å². The minimum Gasteiger partial charge on any atom is -0.457 e. The number of halogens is 1. The van der Waals surface area contributed by atoms with Gasteiger partial charge in [-0.05, 0) is 60.9 Å². The molecule has 0 N–H and O–H groups in total. The maximum Gasteiger partial charge on any atom is 0.137 e. The van der Waals surface area contributed by atoms with E-state index in [1.807, 2.05) is 18.2 Å². The Hall–Kier alpha value is -3.11. The number of rotatable bonds is 3. The topological polar surface area (TPSA) is 27.1 Å². The molecule has 2 heterocycles. The molecule has 0 saturated heterocycles. The molecule has 0 aliphatic rings. The van der Waals surface area contributed by atoms with E-state index >= 15 is 0 Å². The van der Waals surface area contributed by atoms with Crippen molar-refractivity contribution in [1.82, 2.24) is 9.55 Å². The Bertz CT molecular complexity index is 1630. The van der Waals surface area contributed by atoms with Crippen LogP contribution in [0.2, 0.25) is 0 Å². The second-order valence-corrected chi connectivity index (χ2v) is 7.12. The van der Waals surface area contributed by atoms with Gasteiger partial charge < -0.3 is 4.74 Å². The van der Waals surface area contributed by atoms with E-state index in [0.717, 1.165) is 4.47 Å². The van der Waals surface area contributed by atoms with Crippen LogP contribution in [0, 0.1) is 6.85 Å². The predicted octanol–water partition coefficient (Wildman–Crippen LogP) is 7.04. The summed E-state index contributed by atoms with van der Waals surface area (Å²) in [5.41, 5.74) is 0.787. The predicted molar refractivity (Wildman–Crippen MR) is 118 cm³/mol. The summed E-state index contributed by atoms with van der Waals surface area (Å²) in [6.07, 6.45) is 1.38. The van der Waals surface area contributed by atoms with Crippen molar-refractivity contribution in [3.63, 3.8) is 0 Å². The van der Waals surface area contributed by atoms with E-state index in [-0.39, 0.29) is 41.1 Å². The highest BCUT2D eigenvalue weighted by Gasteiger charge is 2.14. The van der Waals surface area contributed by atoms with Crippen LogP contribution in [-0.4, -0.2) is 9.55 Å². The van der Waals surface area contributed by atoms with Crippen LogP contribution in [0.3, 0.4) is 0 Å². The van der Waals surface area contributed by atoms with Crippen molar-refractivity contribution in [2.45, 2.75) is 6.85 Å². The van der Waals surface area contributed by atoms with Gasteiger partial charge in [0.1, 0.15) is 17.3 Å². The fourth-order valence-electron chi connectivity index (χ4n) is 3.21. The molecular weight excluding hydrogens is 412 g/mol. The minimum atomic E-state index is -2.37. The van der Waals surface area contributed by atoms with Crippen LogP contribution >= 0.6 is 15.9 Å². The van der Waals surface area contributed by atoms with Gasteiger partial charge in [-0.1, -0.05) is 40.1 Å². The van der Waals surface area contributed by atoms with E-state index in [0.29, 0.717) is 27.8 Å². The summed E-state index contributed by atoms with van der Waals surface area (Å²) in [6.45, 7) is -2.37. The van der Waals surface area contributed by atoms with E-state index in [1.165, 1.54) is 18.3 Å². The lowest BCUT2D eigenvalue weighted by Crippen LogP contribution is -1.97. The summed E-state index contributed by atoms with van der Waals surface area (Å²) in [5.74, 6) is 1.29. The summed E-state index contributed by atoms with van der Waals surface area (Å²) >= 11 is 3.42. The lowest BCUT2D eigenvalue weighted by Gasteiger charge is -2.09. The van der Waals surface area contributed by atoms with Crippen molar-refractivity contribution < 1.29 is 14.3 Å². The number of aryl methyl sites for hydroxylation is 1. The van der Waals surface area contributed by atoms with Gasteiger partial charge in [-0.25, -0.2) is 4.98 Å². The number of fused-ring (bicyclic) bond motifs is 3. The first-order valence-corrected chi connectivity index (χ1v) is 9.30. The van der Waals surface area contributed by atoms with Crippen molar-refractivity contribution in [3.8, 4) is 17.3 Å². The highest BCUT2D eigenvalue weighted by atomic mass is 79.9. The number of ether oxygens (including phenoxy) is 1. The summed E-state index contributed by atoms with van der Waals surface area (Å²) in [5, 5.41) is 0.885. The molecule has 0 fully saturated rings. The number of hydrogen-bond acceptors (Lipinski definition) is 2. The third kappa shape index (κ3) is 2.96. The second kappa shape index (κ2) is 6.80. The molecule has 0 saturated carbocycles. The van der Waals surface area contributed by atoms with Gasteiger partial charge in [0.05, 0.1) is 16.5 Å². The van der Waals surface area contributed by atoms with Gasteiger partial charge in [0.15, 0.2) is 0 Å². The van der Waals surface area contributed by atoms with Gasteiger partial charge in [-0.2, -0.15) is 0 Å². The first kappa shape index (κ1) is 11.0. The number of hydrogen-bond donors (Lipinski definition) is 0. The molecule has 0 amide bonds. The fourth-order valence-corrected chi connectivity index (χ4v) is 3.58. The Labute approximate surface area is 181 Å². The van der Waals surface area contributed by atoms with Crippen molar-refractivity contribution in [1.29, 1.82) is 0 Å². The highest BCUT2D eigenvalue weighted by Crippen LogP contribution is 2.35. The number of nitrogens with zero attached hydrogens (tertiary/aromatic N) is 2. The van der Waals surface area contributed by atoms with Gasteiger partial charge in [0.25, 0.3) is 0 Å². The highest BCUT2D eigenvalue weighted by molar-refractivity contribution is 9.10. The number of para-hydroxylation sites is 1. The zero-order valence-corrected chi connectivity index (χ0v) is 16.0. The Morgan fingerprint density at radius 2 is 1.86 bits per heavy atom. The average molecular weight is 436 g/mol. The van der Waals surface area contributed by atoms with Crippen LogP contribution in [0.25, 0.3) is 27.6 Å². The van der Waals surface area contributed by atoms with E-state index in [2.05, 4.69) is 20.9 Å². The molecule has 4 heteroatoms. The third-order valence-electron chi connectivity index (χ3n) is 4.38. The molecule has 0 atom stereocenters. The average Bonchev–Trinajstić information content (AvgIpc) is 3.15. The van der Waals surface area contributed by atoms with Crippen LogP contribution in [-0.2, 0) is 0 Å². The Morgan fingerprint density at radius 1 is 0.964 bits per heavy atom. The van der Waals surface area contributed by atoms with E-state index < -0.39 is 6.85 Å². The summed E-state index contributed by atoms with van der Waals surface area (Å²) in [7, 11) is 0. The molecule has 3 aromatic carbocycles. The molecule has 136 valence electrons. The lowest BCUT2D eigenvalue weighted by molar-refractivity contribution is 0.483. The molecule has 2 aromatic heterocycles. The quantitative estimate of drug-likeness (QED) is 0.303. The lowest BCUT2D eigenvalue weighted by atomic mass is 10.1. The summed E-state index contributed by atoms with van der Waals surface area (Å²) in [4.78, 5) is 4.36. The molecule has 5 rings (SSSR count). The Balaban J connectivity index is 1.85. The molecule has 0 aliphatic carbocycles. The molecule has 5 aromatic rings. The zero-order valence-electron chi connectivity index (χ0n) is 21.5. The van der Waals surface area contributed by atoms with Gasteiger partial charge in [-0.3, -0.25) is 4.57 Å². The van der Waals surface area contributed by atoms with Crippen molar-refractivity contribution >= 4 is 37.7 Å². The van der Waals surface area contributed by atoms with Crippen LogP contribution in [0.15, 0.2) is 89.4 Å². The molecule has 0 bridgehead atoms. The van der Waals surface area contributed by atoms with Gasteiger partial charge in [0, 0.05) is 31.6 Å². The van der Waals surface area contributed by atoms with Crippen molar-refractivity contribution in [2.24, 2.45) is 0 Å². The molecule has 0 aliphatic heterocycles. The molecule has 0 spiro atoms. The van der Waals surface area contributed by atoms with Gasteiger partial charge in [0.2, 0.25) is 0 Å². The summed E-state index contributed by atoms with van der Waals surface area (Å²) in [6, 6.07) is 14.1. The standard InChI is InChI=1S/C24H17BrN2O/c1-16-11-12-26-24(13-16)27-22-8-3-2-7-20(22)21-10-9-19(15-23(21)27)28-18-6-4-5-17(25)14-18/h2-15H,1H3/i1D3,2D,3D,7D,8D. The van der Waals surface area contributed by atoms with Crippen LogP contribution in [0.5, 0.6) is 11.5 Å². The first-order chi connectivity index (χ1) is 16.6. The molecule has 28 heavy (non-hydrogen) atoms. The smallest absolute Gasteiger partial charge is 0.137 e. The maximum absolute atomic E-state index is 8.59. The molecule has 0 unspecified atom stereocenters. The minimum absolute atomic E-state index is 0.0693. The van der Waals surface area contributed by atoms with E-state index in [1.54, 1.807) is 28.8 Å². The van der Waals surface area contributed by atoms with E-state index in [9.17, 15) is 0 Å². The number of aromatic nitrogens is 2. The first-order valence-electron chi connectivity index (χ1n) is 12.0. The molecule has 3 nitrogen and oxygen atoms in total. The maximum atomic E-state index is 8.59. The van der Waals surface area contributed by atoms with Crippen molar-refractivity contribution in [3.05, 3.63) is 95.0 Å². The summed E-state index contributed by atoms with van der Waals surface area (Å²) < 4.78 is 65.3. The Morgan fingerprint density at radius 3 is 2.75 bits per heavy atom. The van der Waals surface area contributed by atoms with Crippen LogP contribution < -0.4 is 4.74 Å². The second-order valence-electron chi connectivity index (χ2n) is 6.20. The largest absolute Gasteiger partial charge is 0.457 e. The number of benzene rings is 3. The van der Waals surface area contributed by atoms with Crippen LogP contribution in [0.1, 0.15) is 15.2 Å². The van der Waals surface area contributed by atoms with Crippen LogP contribution in [0.4, 0.5) is 0 Å². The fraction of sp³-hybridized carbons (Fsp3) is 0.0417. The van der Waals surface area contributed by atoms with Gasteiger partial charge in [-0.15, -0.1) is 0 Å².